The van der Waals surface area contributed by atoms with Crippen molar-refractivity contribution in [3.05, 3.63) is 120 Å². The number of alkyl carbamates (subject to hydrolysis) is 1. The first-order chi connectivity index (χ1) is 20.0. The van der Waals surface area contributed by atoms with Crippen LogP contribution in [0.4, 0.5) is 16.2 Å². The van der Waals surface area contributed by atoms with Gasteiger partial charge in [-0.3, -0.25) is 4.72 Å². The predicted octanol–water partition coefficient (Wildman–Crippen LogP) is 6.40. The Kier molecular flexibility index (Phi) is 9.77. The lowest BCUT2D eigenvalue weighted by atomic mass is 10.1. The van der Waals surface area contributed by atoms with Crippen LogP contribution >= 0.6 is 7.60 Å². The minimum Gasteiger partial charge on any atom is -0.445 e. The number of carbonyl (C=O) groups is 1. The first kappa shape index (κ1) is 30.5. The van der Waals surface area contributed by atoms with Crippen molar-refractivity contribution >= 4 is 35.1 Å². The third kappa shape index (κ3) is 8.52. The van der Waals surface area contributed by atoms with Crippen molar-refractivity contribution in [1.82, 2.24) is 5.32 Å². The standard InChI is InChI=1S/C30H32N3O7PS/c1-33(2)28-20-19-24(21-27(28)32-42(3,36)37)29(31-30(34)38-22-23-13-7-4-8-14-23)41(35,39-25-15-9-5-10-16-25)40-26-17-11-6-12-18-26/h4-21,29,32H,22H2,1-3H3,(H,31,34). The van der Waals surface area contributed by atoms with Gasteiger partial charge in [-0.25, -0.2) is 17.8 Å². The first-order valence-corrected chi connectivity index (χ1v) is 16.4. The molecular formula is C30H32N3O7PS. The maximum Gasteiger partial charge on any atom is 0.457 e. The van der Waals surface area contributed by atoms with E-state index in [1.54, 1.807) is 104 Å². The zero-order valence-corrected chi connectivity index (χ0v) is 25.0. The molecule has 1 amide bonds. The van der Waals surface area contributed by atoms with E-state index >= 15 is 0 Å². The molecule has 0 aliphatic rings. The summed E-state index contributed by atoms with van der Waals surface area (Å²) in [5, 5.41) is 2.66. The third-order valence-electron chi connectivity index (χ3n) is 5.85. The molecule has 0 aromatic heterocycles. The topological polar surface area (TPSA) is 123 Å². The van der Waals surface area contributed by atoms with Crippen molar-refractivity contribution in [3.8, 4) is 11.5 Å². The van der Waals surface area contributed by atoms with Gasteiger partial charge in [-0.05, 0) is 47.5 Å². The maximum absolute atomic E-state index is 14.8. The second-order valence-corrected chi connectivity index (χ2v) is 13.2. The molecule has 2 N–H and O–H groups in total. The smallest absolute Gasteiger partial charge is 0.445 e. The Morgan fingerprint density at radius 3 is 1.86 bits per heavy atom. The van der Waals surface area contributed by atoms with Crippen molar-refractivity contribution in [1.29, 1.82) is 0 Å². The molecule has 0 bridgehead atoms. The van der Waals surface area contributed by atoms with E-state index in [2.05, 4.69) is 10.0 Å². The number of anilines is 2. The molecule has 4 aromatic carbocycles. The highest BCUT2D eigenvalue weighted by atomic mass is 32.2. The molecule has 4 rings (SSSR count). The van der Waals surface area contributed by atoms with E-state index < -0.39 is 29.5 Å². The van der Waals surface area contributed by atoms with E-state index in [1.807, 2.05) is 18.2 Å². The molecular weight excluding hydrogens is 577 g/mol. The molecule has 0 radical (unpaired) electrons. The van der Waals surface area contributed by atoms with Crippen LogP contribution in [0.2, 0.25) is 0 Å². The van der Waals surface area contributed by atoms with Crippen LogP contribution in [0.1, 0.15) is 16.9 Å². The molecule has 220 valence electrons. The van der Waals surface area contributed by atoms with Gasteiger partial charge in [-0.2, -0.15) is 0 Å². The number of para-hydroxylation sites is 2. The van der Waals surface area contributed by atoms with Crippen LogP contribution in [0.3, 0.4) is 0 Å². The number of sulfonamides is 1. The Hall–Kier alpha value is -4.47. The highest BCUT2D eigenvalue weighted by molar-refractivity contribution is 7.92. The van der Waals surface area contributed by atoms with Gasteiger partial charge < -0.3 is 24.0 Å². The number of benzene rings is 4. The second kappa shape index (κ2) is 13.5. The summed E-state index contributed by atoms with van der Waals surface area (Å²) in [5.74, 6) is -0.946. The summed E-state index contributed by atoms with van der Waals surface area (Å²) < 4.78 is 59.2. The molecule has 1 atom stereocenters. The average molecular weight is 610 g/mol. The minimum absolute atomic E-state index is 0.0385. The lowest BCUT2D eigenvalue weighted by Crippen LogP contribution is -2.31. The molecule has 42 heavy (non-hydrogen) atoms. The number of ether oxygens (including phenoxy) is 1. The predicted molar refractivity (Wildman–Crippen MR) is 163 cm³/mol. The van der Waals surface area contributed by atoms with E-state index in [1.165, 1.54) is 6.07 Å². The summed E-state index contributed by atoms with van der Waals surface area (Å²) in [6, 6.07) is 30.6. The minimum atomic E-state index is -4.36. The van der Waals surface area contributed by atoms with Crippen LogP contribution in [-0.2, 0) is 25.9 Å². The lowest BCUT2D eigenvalue weighted by molar-refractivity contribution is 0.137. The van der Waals surface area contributed by atoms with Gasteiger partial charge >= 0.3 is 13.7 Å². The highest BCUT2D eigenvalue weighted by Crippen LogP contribution is 2.59. The summed E-state index contributed by atoms with van der Waals surface area (Å²) in [6.45, 7) is -0.0385. The lowest BCUT2D eigenvalue weighted by Gasteiger charge is -2.29. The molecule has 12 heteroatoms. The first-order valence-electron chi connectivity index (χ1n) is 12.9. The molecule has 0 saturated heterocycles. The summed E-state index contributed by atoms with van der Waals surface area (Å²) in [4.78, 5) is 14.9. The fourth-order valence-electron chi connectivity index (χ4n) is 4.00. The average Bonchev–Trinajstić information content (AvgIpc) is 2.95. The Bertz CT molecular complexity index is 1590. The molecule has 0 aliphatic carbocycles. The molecule has 10 nitrogen and oxygen atoms in total. The van der Waals surface area contributed by atoms with Gasteiger partial charge in [0.2, 0.25) is 10.0 Å². The number of hydrogen-bond acceptors (Lipinski definition) is 8. The van der Waals surface area contributed by atoms with Crippen LogP contribution in [0, 0.1) is 0 Å². The number of nitrogens with zero attached hydrogens (tertiary/aromatic N) is 1. The monoisotopic (exact) mass is 609 g/mol. The van der Waals surface area contributed by atoms with Crippen LogP contribution < -0.4 is 24.0 Å². The molecule has 0 heterocycles. The molecule has 0 aliphatic heterocycles. The Morgan fingerprint density at radius 2 is 1.36 bits per heavy atom. The Morgan fingerprint density at radius 1 is 0.833 bits per heavy atom. The number of nitrogens with one attached hydrogen (secondary N) is 2. The number of hydrogen-bond donors (Lipinski definition) is 2. The normalized spacial score (nSPS) is 12.1. The van der Waals surface area contributed by atoms with E-state index in [0.717, 1.165) is 11.8 Å². The van der Waals surface area contributed by atoms with Crippen molar-refractivity contribution in [2.75, 3.05) is 30.0 Å². The number of rotatable bonds is 12. The Balaban J connectivity index is 1.80. The van der Waals surface area contributed by atoms with Gasteiger partial charge in [0.05, 0.1) is 17.6 Å². The van der Waals surface area contributed by atoms with Gasteiger partial charge in [-0.15, -0.1) is 0 Å². The van der Waals surface area contributed by atoms with Crippen LogP contribution in [0.15, 0.2) is 109 Å². The summed E-state index contributed by atoms with van der Waals surface area (Å²) in [7, 11) is -4.55. The fourth-order valence-corrected chi connectivity index (χ4v) is 6.43. The van der Waals surface area contributed by atoms with Gasteiger partial charge in [0, 0.05) is 14.1 Å². The van der Waals surface area contributed by atoms with Crippen molar-refractivity contribution in [3.63, 3.8) is 0 Å². The van der Waals surface area contributed by atoms with E-state index in [9.17, 15) is 17.8 Å². The Labute approximate surface area is 245 Å². The van der Waals surface area contributed by atoms with Gasteiger partial charge in [-0.1, -0.05) is 72.8 Å². The van der Waals surface area contributed by atoms with E-state index in [-0.39, 0.29) is 29.4 Å². The molecule has 1 unspecified atom stereocenters. The maximum atomic E-state index is 14.8. The van der Waals surface area contributed by atoms with Gasteiger partial charge in [0.15, 0.2) is 5.78 Å². The molecule has 4 aromatic rings. The van der Waals surface area contributed by atoms with E-state index in [4.69, 9.17) is 13.8 Å². The van der Waals surface area contributed by atoms with Crippen LogP contribution in [0.5, 0.6) is 11.5 Å². The van der Waals surface area contributed by atoms with Crippen molar-refractivity contribution in [2.24, 2.45) is 0 Å². The van der Waals surface area contributed by atoms with Crippen LogP contribution in [0.25, 0.3) is 0 Å². The quantitative estimate of drug-likeness (QED) is 0.177. The SMILES string of the molecule is CN(C)c1ccc(C(NC(=O)OCc2ccccc2)P(=O)(Oc2ccccc2)Oc2ccccc2)cc1NS(C)(=O)=O. The largest absolute Gasteiger partial charge is 0.457 e. The van der Waals surface area contributed by atoms with E-state index in [0.29, 0.717) is 5.69 Å². The van der Waals surface area contributed by atoms with Gasteiger partial charge in [0.1, 0.15) is 18.1 Å². The molecule has 0 fully saturated rings. The summed E-state index contributed by atoms with van der Waals surface area (Å²) >= 11 is 0. The van der Waals surface area contributed by atoms with Gasteiger partial charge in [0.25, 0.3) is 0 Å². The molecule has 0 saturated carbocycles. The fraction of sp³-hybridized carbons (Fsp3) is 0.167. The van der Waals surface area contributed by atoms with Crippen LogP contribution in [-0.4, -0.2) is 34.9 Å². The number of carbonyl (C=O) groups excluding carboxylic acids is 1. The van der Waals surface area contributed by atoms with Crippen molar-refractivity contribution < 1.29 is 31.6 Å². The third-order valence-corrected chi connectivity index (χ3v) is 8.43. The second-order valence-electron chi connectivity index (χ2n) is 9.50. The molecule has 0 spiro atoms. The number of amides is 1. The zero-order valence-electron chi connectivity index (χ0n) is 23.3. The van der Waals surface area contributed by atoms with Crippen molar-refractivity contribution in [2.45, 2.75) is 12.4 Å². The highest BCUT2D eigenvalue weighted by Gasteiger charge is 2.43. The summed E-state index contributed by atoms with van der Waals surface area (Å²) in [5.41, 5.74) is 1.75. The zero-order chi connectivity index (χ0) is 30.2. The summed E-state index contributed by atoms with van der Waals surface area (Å²) in [6.07, 6.45) is 0.143.